The summed E-state index contributed by atoms with van der Waals surface area (Å²) >= 11 is 15.6. The van der Waals surface area contributed by atoms with Crippen LogP contribution in [0.4, 0.5) is 0 Å². The van der Waals surface area contributed by atoms with E-state index < -0.39 is 0 Å². The normalized spacial score (nSPS) is 11.1. The molecule has 3 aromatic rings. The van der Waals surface area contributed by atoms with Crippen molar-refractivity contribution in [3.63, 3.8) is 0 Å². The van der Waals surface area contributed by atoms with Crippen molar-refractivity contribution in [1.29, 1.82) is 0 Å². The smallest absolute Gasteiger partial charge is 0.164 e. The van der Waals surface area contributed by atoms with Gasteiger partial charge in [-0.05, 0) is 40.1 Å². The van der Waals surface area contributed by atoms with Gasteiger partial charge in [-0.15, -0.1) is 11.3 Å². The zero-order valence-corrected chi connectivity index (χ0v) is 13.2. The summed E-state index contributed by atoms with van der Waals surface area (Å²) < 4.78 is 1.74. The lowest BCUT2D eigenvalue weighted by molar-refractivity contribution is 1.15. The van der Waals surface area contributed by atoms with Gasteiger partial charge in [0.15, 0.2) is 5.82 Å². The van der Waals surface area contributed by atoms with Gasteiger partial charge in [0.2, 0.25) is 0 Å². The highest BCUT2D eigenvalue weighted by molar-refractivity contribution is 14.1. The van der Waals surface area contributed by atoms with Gasteiger partial charge >= 0.3 is 0 Å². The molecule has 18 heavy (non-hydrogen) atoms. The van der Waals surface area contributed by atoms with Gasteiger partial charge in [0.25, 0.3) is 0 Å². The summed E-state index contributed by atoms with van der Waals surface area (Å²) in [5.41, 5.74) is 1.77. The summed E-state index contributed by atoms with van der Waals surface area (Å²) in [5.74, 6) is 0.494. The third kappa shape index (κ3) is 2.20. The van der Waals surface area contributed by atoms with Crippen molar-refractivity contribution >= 4 is 67.3 Å². The van der Waals surface area contributed by atoms with Gasteiger partial charge < -0.3 is 0 Å². The van der Waals surface area contributed by atoms with Crippen molar-refractivity contribution in [3.05, 3.63) is 37.6 Å². The molecule has 7 heteroatoms. The lowest BCUT2D eigenvalue weighted by atomic mass is 10.2. The average molecular weight is 408 g/mol. The quantitative estimate of drug-likeness (QED) is 0.434. The number of fused-ring (bicyclic) bond motifs is 1. The highest BCUT2D eigenvalue weighted by atomic mass is 127. The maximum atomic E-state index is 6.01. The Bertz CT molecular complexity index is 721. The summed E-state index contributed by atoms with van der Waals surface area (Å²) in [5, 5.41) is 2.71. The van der Waals surface area contributed by atoms with Crippen molar-refractivity contribution < 1.29 is 0 Å². The van der Waals surface area contributed by atoms with Crippen LogP contribution in [-0.4, -0.2) is 15.0 Å². The minimum Gasteiger partial charge on any atom is -0.255 e. The van der Waals surface area contributed by atoms with Gasteiger partial charge in [0.1, 0.15) is 10.3 Å². The van der Waals surface area contributed by atoms with Gasteiger partial charge in [-0.25, -0.2) is 9.97 Å². The van der Waals surface area contributed by atoms with E-state index in [2.05, 4.69) is 15.0 Å². The Hall–Kier alpha value is -0.500. The molecule has 0 spiro atoms. The van der Waals surface area contributed by atoms with Crippen molar-refractivity contribution in [3.8, 4) is 11.4 Å². The van der Waals surface area contributed by atoms with Crippen LogP contribution < -0.4 is 0 Å². The van der Waals surface area contributed by atoms with E-state index in [1.54, 1.807) is 17.5 Å². The number of hydrogen-bond acceptors (Lipinski definition) is 4. The standard InChI is InChI=1S/C11H4Cl2IN3S/c12-9-8(14)10(13)17-11(16-9)5-3-7-6(15-4-5)1-2-18-7/h1-4H. The second-order valence-corrected chi connectivity index (χ2v) is 6.21. The summed E-state index contributed by atoms with van der Waals surface area (Å²) in [6.45, 7) is 0. The highest BCUT2D eigenvalue weighted by Gasteiger charge is 2.11. The topological polar surface area (TPSA) is 38.7 Å². The van der Waals surface area contributed by atoms with Gasteiger partial charge in [-0.1, -0.05) is 23.2 Å². The maximum Gasteiger partial charge on any atom is 0.164 e. The maximum absolute atomic E-state index is 6.01. The SMILES string of the molecule is Clc1nc(-c2cnc3ccsc3c2)nc(Cl)c1I. The van der Waals surface area contributed by atoms with Crippen LogP contribution in [-0.2, 0) is 0 Å². The molecule has 3 nitrogen and oxygen atoms in total. The fourth-order valence-corrected chi connectivity index (χ4v) is 2.90. The van der Waals surface area contributed by atoms with Gasteiger partial charge in [-0.2, -0.15) is 0 Å². The van der Waals surface area contributed by atoms with Crippen LogP contribution in [0.2, 0.25) is 10.3 Å². The first kappa shape index (κ1) is 12.5. The van der Waals surface area contributed by atoms with Crippen LogP contribution in [0.5, 0.6) is 0 Å². The third-order valence-electron chi connectivity index (χ3n) is 2.33. The van der Waals surface area contributed by atoms with E-state index in [9.17, 15) is 0 Å². The van der Waals surface area contributed by atoms with Crippen molar-refractivity contribution in [1.82, 2.24) is 15.0 Å². The lowest BCUT2D eigenvalue weighted by Crippen LogP contribution is -1.94. The minimum absolute atomic E-state index is 0.358. The first-order chi connectivity index (χ1) is 8.65. The van der Waals surface area contributed by atoms with E-state index in [0.29, 0.717) is 19.7 Å². The van der Waals surface area contributed by atoms with Crippen LogP contribution in [0.15, 0.2) is 23.7 Å². The number of aromatic nitrogens is 3. The summed E-state index contributed by atoms with van der Waals surface area (Å²) in [7, 11) is 0. The van der Waals surface area contributed by atoms with E-state index in [-0.39, 0.29) is 0 Å². The van der Waals surface area contributed by atoms with E-state index in [1.165, 1.54) is 0 Å². The fraction of sp³-hybridized carbons (Fsp3) is 0. The van der Waals surface area contributed by atoms with Crippen LogP contribution in [0, 0.1) is 3.57 Å². The van der Waals surface area contributed by atoms with Crippen molar-refractivity contribution in [2.45, 2.75) is 0 Å². The molecule has 0 aliphatic heterocycles. The molecule has 0 atom stereocenters. The number of pyridine rings is 1. The predicted octanol–water partition coefficient (Wildman–Crippen LogP) is 4.66. The number of hydrogen-bond donors (Lipinski definition) is 0. The van der Waals surface area contributed by atoms with Crippen LogP contribution in [0.1, 0.15) is 0 Å². The first-order valence-electron chi connectivity index (χ1n) is 4.87. The molecule has 90 valence electrons. The Morgan fingerprint density at radius 1 is 1.17 bits per heavy atom. The van der Waals surface area contributed by atoms with Crippen LogP contribution in [0.25, 0.3) is 21.6 Å². The molecule has 0 radical (unpaired) electrons. The Labute approximate surface area is 130 Å². The number of thiophene rings is 1. The monoisotopic (exact) mass is 407 g/mol. The molecule has 3 heterocycles. The molecule has 3 aromatic heterocycles. The van der Waals surface area contributed by atoms with E-state index in [0.717, 1.165) is 15.8 Å². The Balaban J connectivity index is 2.19. The van der Waals surface area contributed by atoms with E-state index in [4.69, 9.17) is 23.2 Å². The zero-order valence-electron chi connectivity index (χ0n) is 8.69. The molecule has 0 saturated heterocycles. The van der Waals surface area contributed by atoms with E-state index in [1.807, 2.05) is 40.1 Å². The third-order valence-corrected chi connectivity index (χ3v) is 5.39. The molecule has 3 rings (SSSR count). The zero-order chi connectivity index (χ0) is 12.7. The van der Waals surface area contributed by atoms with E-state index >= 15 is 0 Å². The molecular formula is C11H4Cl2IN3S. The summed E-state index contributed by atoms with van der Waals surface area (Å²) in [6, 6.07) is 3.96. The second kappa shape index (κ2) is 4.88. The number of halogens is 3. The molecule has 0 aliphatic carbocycles. The molecule has 0 saturated carbocycles. The Morgan fingerprint density at radius 2 is 1.89 bits per heavy atom. The predicted molar refractivity (Wildman–Crippen MR) is 83.4 cm³/mol. The Kier molecular flexibility index (Phi) is 3.40. The van der Waals surface area contributed by atoms with Crippen molar-refractivity contribution in [2.24, 2.45) is 0 Å². The van der Waals surface area contributed by atoms with Gasteiger partial charge in [0, 0.05) is 11.8 Å². The summed E-state index contributed by atoms with van der Waals surface area (Å²) in [4.78, 5) is 12.8. The van der Waals surface area contributed by atoms with Gasteiger partial charge in [0.05, 0.1) is 13.8 Å². The number of rotatable bonds is 1. The molecule has 0 unspecified atom stereocenters. The van der Waals surface area contributed by atoms with Crippen molar-refractivity contribution in [2.75, 3.05) is 0 Å². The molecule has 0 N–H and O–H groups in total. The fourth-order valence-electron chi connectivity index (χ4n) is 1.49. The van der Waals surface area contributed by atoms with Gasteiger partial charge in [-0.3, -0.25) is 4.98 Å². The second-order valence-electron chi connectivity index (χ2n) is 3.47. The first-order valence-corrected chi connectivity index (χ1v) is 7.59. The summed E-state index contributed by atoms with van der Waals surface area (Å²) in [6.07, 6.45) is 1.73. The van der Waals surface area contributed by atoms with Crippen LogP contribution >= 0.6 is 57.1 Å². The molecule has 0 bridgehead atoms. The molecule has 0 fully saturated rings. The molecule has 0 aromatic carbocycles. The molecular weight excluding hydrogens is 404 g/mol. The molecule has 0 amide bonds. The molecule has 0 aliphatic rings. The largest absolute Gasteiger partial charge is 0.255 e. The Morgan fingerprint density at radius 3 is 2.61 bits per heavy atom. The lowest BCUT2D eigenvalue weighted by Gasteiger charge is -2.03. The number of nitrogens with zero attached hydrogens (tertiary/aromatic N) is 3. The minimum atomic E-state index is 0.358. The average Bonchev–Trinajstić information content (AvgIpc) is 2.82. The van der Waals surface area contributed by atoms with Crippen LogP contribution in [0.3, 0.4) is 0 Å². The highest BCUT2D eigenvalue weighted by Crippen LogP contribution is 2.28.